The van der Waals surface area contributed by atoms with Crippen molar-refractivity contribution in [3.63, 3.8) is 0 Å². The average Bonchev–Trinajstić information content (AvgIpc) is 2.37. The van der Waals surface area contributed by atoms with Gasteiger partial charge >= 0.3 is 0 Å². The van der Waals surface area contributed by atoms with Crippen molar-refractivity contribution in [2.75, 3.05) is 39.8 Å². The van der Waals surface area contributed by atoms with Crippen LogP contribution in [0.3, 0.4) is 0 Å². The Morgan fingerprint density at radius 1 is 1.12 bits per heavy atom. The maximum atomic E-state index is 3.67. The molecule has 0 spiro atoms. The first-order valence-corrected chi connectivity index (χ1v) is 7.45. The lowest BCUT2D eigenvalue weighted by molar-refractivity contribution is 0.0853. The first-order chi connectivity index (χ1) is 8.29. The molecule has 1 atom stereocenters. The third-order valence-corrected chi connectivity index (χ3v) is 4.33. The summed E-state index contributed by atoms with van der Waals surface area (Å²) < 4.78 is 0. The van der Waals surface area contributed by atoms with Crippen LogP contribution in [0.2, 0.25) is 0 Å². The van der Waals surface area contributed by atoms with Crippen LogP contribution < -0.4 is 5.32 Å². The normalized spacial score (nSPS) is 29.6. The van der Waals surface area contributed by atoms with Crippen molar-refractivity contribution < 1.29 is 0 Å². The van der Waals surface area contributed by atoms with Crippen LogP contribution in [0.15, 0.2) is 0 Å². The minimum Gasteiger partial charge on any atom is -0.314 e. The molecule has 2 aliphatic rings. The molecule has 2 fully saturated rings. The molecule has 0 bridgehead atoms. The highest BCUT2D eigenvalue weighted by molar-refractivity contribution is 4.85. The monoisotopic (exact) mass is 239 g/mol. The molecule has 0 saturated carbocycles. The van der Waals surface area contributed by atoms with Crippen molar-refractivity contribution in [3.8, 4) is 0 Å². The second-order valence-corrected chi connectivity index (χ2v) is 5.82. The van der Waals surface area contributed by atoms with Crippen molar-refractivity contribution in [3.05, 3.63) is 0 Å². The third-order valence-electron chi connectivity index (χ3n) is 4.33. The summed E-state index contributed by atoms with van der Waals surface area (Å²) in [5, 5.41) is 3.67. The van der Waals surface area contributed by atoms with Crippen LogP contribution in [0.5, 0.6) is 0 Å². The smallest absolute Gasteiger partial charge is 0.0223 e. The fraction of sp³-hybridized carbons (Fsp3) is 1.00. The molecule has 100 valence electrons. The van der Waals surface area contributed by atoms with Gasteiger partial charge in [0.05, 0.1) is 0 Å². The van der Waals surface area contributed by atoms with E-state index < -0.39 is 0 Å². The van der Waals surface area contributed by atoms with E-state index in [-0.39, 0.29) is 0 Å². The second kappa shape index (κ2) is 6.72. The number of likely N-dealkylation sites (N-methyl/N-ethyl adjacent to an activating group) is 1. The molecule has 3 nitrogen and oxygen atoms in total. The Hall–Kier alpha value is -0.120. The largest absolute Gasteiger partial charge is 0.314 e. The highest BCUT2D eigenvalue weighted by Gasteiger charge is 2.27. The van der Waals surface area contributed by atoms with Gasteiger partial charge < -0.3 is 10.2 Å². The summed E-state index contributed by atoms with van der Waals surface area (Å²) >= 11 is 0. The zero-order valence-electron chi connectivity index (χ0n) is 11.6. The number of nitrogens with zero attached hydrogens (tertiary/aromatic N) is 2. The van der Waals surface area contributed by atoms with E-state index in [9.17, 15) is 0 Å². The molecular weight excluding hydrogens is 210 g/mol. The maximum Gasteiger partial charge on any atom is 0.0223 e. The van der Waals surface area contributed by atoms with Gasteiger partial charge in [-0.3, -0.25) is 4.90 Å². The fourth-order valence-electron chi connectivity index (χ4n) is 3.25. The van der Waals surface area contributed by atoms with Gasteiger partial charge in [-0.2, -0.15) is 0 Å². The van der Waals surface area contributed by atoms with Gasteiger partial charge in [-0.05, 0) is 65.3 Å². The molecule has 0 aromatic carbocycles. The van der Waals surface area contributed by atoms with Crippen molar-refractivity contribution in [2.45, 2.75) is 51.1 Å². The minimum atomic E-state index is 0.785. The first kappa shape index (κ1) is 13.3. The molecule has 17 heavy (non-hydrogen) atoms. The predicted molar refractivity (Wildman–Crippen MR) is 73.4 cm³/mol. The van der Waals surface area contributed by atoms with Crippen molar-refractivity contribution in [2.24, 2.45) is 0 Å². The van der Waals surface area contributed by atoms with E-state index in [1.807, 2.05) is 0 Å². The molecule has 0 amide bonds. The van der Waals surface area contributed by atoms with Crippen LogP contribution in [-0.4, -0.2) is 61.7 Å². The van der Waals surface area contributed by atoms with Gasteiger partial charge in [-0.25, -0.2) is 0 Å². The number of hydrogen-bond acceptors (Lipinski definition) is 3. The fourth-order valence-corrected chi connectivity index (χ4v) is 3.25. The topological polar surface area (TPSA) is 18.5 Å². The van der Waals surface area contributed by atoms with Crippen molar-refractivity contribution >= 4 is 0 Å². The van der Waals surface area contributed by atoms with E-state index in [2.05, 4.69) is 29.1 Å². The summed E-state index contributed by atoms with van der Waals surface area (Å²) in [6.45, 7) is 8.63. The molecule has 1 unspecified atom stereocenters. The van der Waals surface area contributed by atoms with Gasteiger partial charge in [0.2, 0.25) is 0 Å². The van der Waals surface area contributed by atoms with Gasteiger partial charge in [0.15, 0.2) is 0 Å². The Labute approximate surface area is 107 Å². The summed E-state index contributed by atoms with van der Waals surface area (Å²) in [5.41, 5.74) is 0. The van der Waals surface area contributed by atoms with Crippen LogP contribution in [0, 0.1) is 0 Å². The molecule has 0 aliphatic carbocycles. The molecule has 2 saturated heterocycles. The molecule has 0 aromatic heterocycles. The van der Waals surface area contributed by atoms with E-state index in [1.54, 1.807) is 0 Å². The van der Waals surface area contributed by atoms with Gasteiger partial charge in [0, 0.05) is 18.6 Å². The quantitative estimate of drug-likeness (QED) is 0.803. The zero-order chi connectivity index (χ0) is 12.1. The SMILES string of the molecule is CCCNC1CCN(C2CCCN(C)C2)CC1. The second-order valence-electron chi connectivity index (χ2n) is 5.82. The number of piperidine rings is 2. The van der Waals surface area contributed by atoms with Gasteiger partial charge in [0.1, 0.15) is 0 Å². The molecule has 0 aromatic rings. The molecular formula is C14H29N3. The highest BCUT2D eigenvalue weighted by Crippen LogP contribution is 2.19. The van der Waals surface area contributed by atoms with Crippen LogP contribution >= 0.6 is 0 Å². The maximum absolute atomic E-state index is 3.67. The first-order valence-electron chi connectivity index (χ1n) is 7.45. The molecule has 2 aliphatic heterocycles. The van der Waals surface area contributed by atoms with E-state index in [0.717, 1.165) is 12.1 Å². The Balaban J connectivity index is 1.71. The van der Waals surface area contributed by atoms with Crippen molar-refractivity contribution in [1.29, 1.82) is 0 Å². The standard InChI is InChI=1S/C14H29N3/c1-3-8-15-13-6-10-17(11-7-13)14-5-4-9-16(2)12-14/h13-15H,3-12H2,1-2H3. The molecule has 2 rings (SSSR count). The summed E-state index contributed by atoms with van der Waals surface area (Å²) in [6, 6.07) is 1.62. The van der Waals surface area contributed by atoms with Crippen LogP contribution in [0.1, 0.15) is 39.0 Å². The average molecular weight is 239 g/mol. The van der Waals surface area contributed by atoms with E-state index in [1.165, 1.54) is 64.8 Å². The van der Waals surface area contributed by atoms with Gasteiger partial charge in [-0.1, -0.05) is 6.92 Å². The number of nitrogens with one attached hydrogen (secondary N) is 1. The number of likely N-dealkylation sites (tertiary alicyclic amines) is 2. The molecule has 1 N–H and O–H groups in total. The number of hydrogen-bond donors (Lipinski definition) is 1. The lowest BCUT2D eigenvalue weighted by atomic mass is 9.99. The lowest BCUT2D eigenvalue weighted by Gasteiger charge is -2.41. The van der Waals surface area contributed by atoms with Crippen LogP contribution in [0.25, 0.3) is 0 Å². The van der Waals surface area contributed by atoms with Gasteiger partial charge in [0.25, 0.3) is 0 Å². The van der Waals surface area contributed by atoms with Crippen LogP contribution in [0.4, 0.5) is 0 Å². The van der Waals surface area contributed by atoms with Crippen LogP contribution in [-0.2, 0) is 0 Å². The van der Waals surface area contributed by atoms with Crippen molar-refractivity contribution in [1.82, 2.24) is 15.1 Å². The highest BCUT2D eigenvalue weighted by atomic mass is 15.2. The Kier molecular flexibility index (Phi) is 5.26. The Morgan fingerprint density at radius 3 is 2.53 bits per heavy atom. The summed E-state index contributed by atoms with van der Waals surface area (Å²) in [4.78, 5) is 5.23. The summed E-state index contributed by atoms with van der Waals surface area (Å²) in [7, 11) is 2.27. The minimum absolute atomic E-state index is 0.785. The number of rotatable bonds is 4. The molecule has 3 heteroatoms. The lowest BCUT2D eigenvalue weighted by Crippen LogP contribution is -2.51. The Bertz CT molecular complexity index is 212. The predicted octanol–water partition coefficient (Wildman–Crippen LogP) is 1.54. The zero-order valence-corrected chi connectivity index (χ0v) is 11.6. The molecule has 2 heterocycles. The van der Waals surface area contributed by atoms with Gasteiger partial charge in [-0.15, -0.1) is 0 Å². The molecule has 0 radical (unpaired) electrons. The summed E-state index contributed by atoms with van der Waals surface area (Å²) in [6.07, 6.45) is 6.75. The van der Waals surface area contributed by atoms with E-state index in [0.29, 0.717) is 0 Å². The van der Waals surface area contributed by atoms with E-state index in [4.69, 9.17) is 0 Å². The summed E-state index contributed by atoms with van der Waals surface area (Å²) in [5.74, 6) is 0. The Morgan fingerprint density at radius 2 is 1.88 bits per heavy atom. The third kappa shape index (κ3) is 3.94. The van der Waals surface area contributed by atoms with E-state index >= 15 is 0 Å².